The topological polar surface area (TPSA) is 94.4 Å². The second-order valence-corrected chi connectivity index (χ2v) is 9.96. The number of pyridine rings is 1. The first-order chi connectivity index (χ1) is 16.9. The van der Waals surface area contributed by atoms with Crippen LogP contribution in [0.25, 0.3) is 22.2 Å². The van der Waals surface area contributed by atoms with Gasteiger partial charge in [-0.05, 0) is 48.4 Å². The van der Waals surface area contributed by atoms with E-state index in [-0.39, 0.29) is 4.31 Å². The molecule has 2 aromatic carbocycles. The molecule has 36 heavy (non-hydrogen) atoms. The van der Waals surface area contributed by atoms with Crippen molar-refractivity contribution in [2.45, 2.75) is 24.5 Å². The standard InChI is InChI=1S/C24H21F3N4O4S/c1-15-21-12-18(13-28-22(21)31(29-15)14-16-7-9-19(35-3)10-8-16)17-5-4-6-20(11-17)36(33,34)30(2)23(32)24(25,26)27/h4-13H,14H2,1-3H3. The van der Waals surface area contributed by atoms with Gasteiger partial charge in [-0.3, -0.25) is 4.79 Å². The molecule has 188 valence electrons. The minimum atomic E-state index is -5.32. The third kappa shape index (κ3) is 4.76. The molecule has 0 saturated heterocycles. The van der Waals surface area contributed by atoms with Gasteiger partial charge in [-0.1, -0.05) is 24.3 Å². The molecule has 4 aromatic rings. The van der Waals surface area contributed by atoms with Gasteiger partial charge in [0.15, 0.2) is 5.65 Å². The molecule has 0 bridgehead atoms. The highest BCUT2D eigenvalue weighted by Gasteiger charge is 2.45. The zero-order valence-electron chi connectivity index (χ0n) is 19.4. The lowest BCUT2D eigenvalue weighted by molar-refractivity contribution is -0.179. The number of fused-ring (bicyclic) bond motifs is 1. The zero-order valence-corrected chi connectivity index (χ0v) is 20.3. The van der Waals surface area contributed by atoms with Crippen molar-refractivity contribution in [2.24, 2.45) is 0 Å². The van der Waals surface area contributed by atoms with Gasteiger partial charge in [0.1, 0.15) is 5.75 Å². The Morgan fingerprint density at radius 1 is 1.08 bits per heavy atom. The van der Waals surface area contributed by atoms with E-state index in [0.717, 1.165) is 22.8 Å². The summed E-state index contributed by atoms with van der Waals surface area (Å²) in [6.07, 6.45) is -3.79. The fourth-order valence-corrected chi connectivity index (χ4v) is 4.83. The van der Waals surface area contributed by atoms with Gasteiger partial charge in [-0.15, -0.1) is 0 Å². The first-order valence-electron chi connectivity index (χ1n) is 10.6. The Kier molecular flexibility index (Phi) is 6.48. The van der Waals surface area contributed by atoms with Crippen molar-refractivity contribution >= 4 is 27.0 Å². The first kappa shape index (κ1) is 25.2. The summed E-state index contributed by atoms with van der Waals surface area (Å²) in [5.41, 5.74) is 3.25. The number of halogens is 3. The molecule has 0 aliphatic carbocycles. The van der Waals surface area contributed by atoms with E-state index in [1.807, 2.05) is 31.2 Å². The molecule has 0 aliphatic heterocycles. The van der Waals surface area contributed by atoms with Crippen molar-refractivity contribution in [3.63, 3.8) is 0 Å². The van der Waals surface area contributed by atoms with Crippen LogP contribution in [0.2, 0.25) is 0 Å². The number of hydrogen-bond donors (Lipinski definition) is 0. The number of benzene rings is 2. The largest absolute Gasteiger partial charge is 0.497 e. The Balaban J connectivity index is 1.67. The molecule has 4 rings (SSSR count). The predicted octanol–water partition coefficient (Wildman–Crippen LogP) is 4.17. The zero-order chi connectivity index (χ0) is 26.3. The van der Waals surface area contributed by atoms with Crippen LogP contribution in [0.1, 0.15) is 11.3 Å². The summed E-state index contributed by atoms with van der Waals surface area (Å²) in [4.78, 5) is 15.5. The molecule has 1 amide bonds. The summed E-state index contributed by atoms with van der Waals surface area (Å²) in [6, 6.07) is 14.6. The number of hydrogen-bond acceptors (Lipinski definition) is 6. The SMILES string of the molecule is COc1ccc(Cn2nc(C)c3cc(-c4cccc(S(=O)(=O)N(C)C(=O)C(F)(F)F)c4)cnc32)cc1. The van der Waals surface area contributed by atoms with Crippen molar-refractivity contribution < 1.29 is 31.1 Å². The highest BCUT2D eigenvalue weighted by molar-refractivity contribution is 7.89. The second-order valence-electron chi connectivity index (χ2n) is 7.99. The molecular weight excluding hydrogens is 497 g/mol. The minimum Gasteiger partial charge on any atom is -0.497 e. The number of aryl methyl sites for hydroxylation is 1. The van der Waals surface area contributed by atoms with Crippen molar-refractivity contribution in [1.29, 1.82) is 0 Å². The Bertz CT molecular complexity index is 1550. The van der Waals surface area contributed by atoms with E-state index in [1.165, 1.54) is 18.3 Å². The summed E-state index contributed by atoms with van der Waals surface area (Å²) in [6.45, 7) is 2.28. The summed E-state index contributed by atoms with van der Waals surface area (Å²) in [7, 11) is -2.56. The maximum Gasteiger partial charge on any atom is 0.472 e. The number of aromatic nitrogens is 3. The second kappa shape index (κ2) is 9.26. The van der Waals surface area contributed by atoms with Gasteiger partial charge in [0.05, 0.1) is 24.2 Å². The smallest absolute Gasteiger partial charge is 0.472 e. The molecule has 0 fully saturated rings. The fourth-order valence-electron chi connectivity index (χ4n) is 3.67. The normalized spacial score (nSPS) is 12.1. The van der Waals surface area contributed by atoms with E-state index in [9.17, 15) is 26.4 Å². The molecule has 2 aromatic heterocycles. The average molecular weight is 519 g/mol. The minimum absolute atomic E-state index is 0.305. The molecule has 0 radical (unpaired) electrons. The maximum atomic E-state index is 12.8. The monoisotopic (exact) mass is 518 g/mol. The maximum absolute atomic E-state index is 12.8. The lowest BCUT2D eigenvalue weighted by Crippen LogP contribution is -2.42. The Hall–Kier alpha value is -3.93. The Labute approximate surface area is 205 Å². The lowest BCUT2D eigenvalue weighted by Gasteiger charge is -2.19. The predicted molar refractivity (Wildman–Crippen MR) is 126 cm³/mol. The molecule has 0 atom stereocenters. The summed E-state index contributed by atoms with van der Waals surface area (Å²) < 4.78 is 70.2. The van der Waals surface area contributed by atoms with E-state index >= 15 is 0 Å². The molecule has 12 heteroatoms. The Morgan fingerprint density at radius 2 is 1.78 bits per heavy atom. The third-order valence-corrected chi connectivity index (χ3v) is 7.35. The van der Waals surface area contributed by atoms with Crippen molar-refractivity contribution in [1.82, 2.24) is 19.1 Å². The van der Waals surface area contributed by atoms with E-state index in [4.69, 9.17) is 4.74 Å². The number of carbonyl (C=O) groups excluding carboxylic acids is 1. The van der Waals surface area contributed by atoms with Crippen LogP contribution in [-0.2, 0) is 21.4 Å². The molecule has 0 saturated carbocycles. The van der Waals surface area contributed by atoms with Crippen LogP contribution >= 0.6 is 0 Å². The van der Waals surface area contributed by atoms with Crippen LogP contribution in [0.15, 0.2) is 65.7 Å². The van der Waals surface area contributed by atoms with Gasteiger partial charge in [0.25, 0.3) is 10.0 Å². The molecule has 0 aliphatic rings. The molecule has 2 heterocycles. The van der Waals surface area contributed by atoms with Crippen molar-refractivity contribution in [2.75, 3.05) is 14.2 Å². The number of nitrogens with zero attached hydrogens (tertiary/aromatic N) is 4. The number of sulfonamides is 1. The van der Waals surface area contributed by atoms with E-state index in [1.54, 1.807) is 23.9 Å². The van der Waals surface area contributed by atoms with Gasteiger partial charge < -0.3 is 4.74 Å². The fraction of sp³-hybridized carbons (Fsp3) is 0.208. The lowest BCUT2D eigenvalue weighted by atomic mass is 10.1. The van der Waals surface area contributed by atoms with Gasteiger partial charge >= 0.3 is 12.1 Å². The number of amides is 1. The van der Waals surface area contributed by atoms with Crippen LogP contribution < -0.4 is 4.74 Å². The summed E-state index contributed by atoms with van der Waals surface area (Å²) in [5, 5.41) is 5.30. The van der Waals surface area contributed by atoms with Gasteiger partial charge in [0, 0.05) is 24.2 Å². The number of methoxy groups -OCH3 is 1. The third-order valence-electron chi connectivity index (χ3n) is 5.62. The van der Waals surface area contributed by atoms with E-state index < -0.39 is 27.0 Å². The van der Waals surface area contributed by atoms with E-state index in [2.05, 4.69) is 10.1 Å². The quantitative estimate of drug-likeness (QED) is 0.380. The summed E-state index contributed by atoms with van der Waals surface area (Å²) in [5.74, 6) is -1.74. The molecule has 0 N–H and O–H groups in total. The highest BCUT2D eigenvalue weighted by atomic mass is 32.2. The number of carbonyl (C=O) groups is 1. The average Bonchev–Trinajstić information content (AvgIpc) is 3.17. The molecular formula is C24H21F3N4O4S. The highest BCUT2D eigenvalue weighted by Crippen LogP contribution is 2.29. The van der Waals surface area contributed by atoms with Gasteiger partial charge in [-0.25, -0.2) is 22.4 Å². The molecule has 0 unspecified atom stereocenters. The summed E-state index contributed by atoms with van der Waals surface area (Å²) >= 11 is 0. The molecule has 0 spiro atoms. The van der Waals surface area contributed by atoms with Gasteiger partial charge in [0.2, 0.25) is 0 Å². The first-order valence-corrected chi connectivity index (χ1v) is 12.0. The van der Waals surface area contributed by atoms with E-state index in [0.29, 0.717) is 36.1 Å². The number of alkyl halides is 3. The van der Waals surface area contributed by atoms with Crippen molar-refractivity contribution in [3.8, 4) is 16.9 Å². The Morgan fingerprint density at radius 3 is 2.42 bits per heavy atom. The van der Waals surface area contributed by atoms with Crippen LogP contribution in [0.4, 0.5) is 13.2 Å². The van der Waals surface area contributed by atoms with Crippen molar-refractivity contribution in [3.05, 3.63) is 72.1 Å². The van der Waals surface area contributed by atoms with Crippen LogP contribution in [0.3, 0.4) is 0 Å². The van der Waals surface area contributed by atoms with Crippen LogP contribution in [-0.4, -0.2) is 53.7 Å². The van der Waals surface area contributed by atoms with Crippen LogP contribution in [0, 0.1) is 6.92 Å². The van der Waals surface area contributed by atoms with Gasteiger partial charge in [-0.2, -0.15) is 18.3 Å². The molecule has 8 nitrogen and oxygen atoms in total. The number of rotatable bonds is 6. The van der Waals surface area contributed by atoms with Crippen LogP contribution in [0.5, 0.6) is 5.75 Å². The number of ether oxygens (including phenoxy) is 1.